The van der Waals surface area contributed by atoms with Gasteiger partial charge in [0.2, 0.25) is 5.91 Å². The van der Waals surface area contributed by atoms with E-state index in [0.29, 0.717) is 18.9 Å². The first-order valence-corrected chi connectivity index (χ1v) is 6.25. The number of likely N-dealkylation sites (tertiary alicyclic amines) is 1. The first-order chi connectivity index (χ1) is 7.27. The first kappa shape index (κ1) is 12.5. The molecule has 1 rings (SSSR count). The second-order valence-electron chi connectivity index (χ2n) is 4.48. The maximum absolute atomic E-state index is 11.8. The van der Waals surface area contributed by atoms with E-state index in [0.717, 1.165) is 25.4 Å². The summed E-state index contributed by atoms with van der Waals surface area (Å²) in [7, 11) is 0. The van der Waals surface area contributed by atoms with Gasteiger partial charge in [0.25, 0.3) is 0 Å². The number of hydrogen-bond donors (Lipinski definition) is 1. The lowest BCUT2D eigenvalue weighted by Gasteiger charge is -2.20. The largest absolute Gasteiger partial charge is 0.343 e. The molecule has 1 amide bonds. The molecule has 0 radical (unpaired) electrons. The monoisotopic (exact) mass is 212 g/mol. The van der Waals surface area contributed by atoms with E-state index in [9.17, 15) is 4.79 Å². The lowest BCUT2D eigenvalue weighted by molar-refractivity contribution is -0.131. The van der Waals surface area contributed by atoms with Gasteiger partial charge < -0.3 is 10.6 Å². The average molecular weight is 212 g/mol. The van der Waals surface area contributed by atoms with Crippen molar-refractivity contribution in [2.45, 2.75) is 45.4 Å². The summed E-state index contributed by atoms with van der Waals surface area (Å²) in [6, 6.07) is 0. The van der Waals surface area contributed by atoms with E-state index in [1.165, 1.54) is 25.7 Å². The van der Waals surface area contributed by atoms with Crippen LogP contribution in [0.5, 0.6) is 0 Å². The van der Waals surface area contributed by atoms with E-state index in [1.54, 1.807) is 0 Å². The van der Waals surface area contributed by atoms with E-state index >= 15 is 0 Å². The molecule has 2 N–H and O–H groups in total. The van der Waals surface area contributed by atoms with Crippen LogP contribution in [0.3, 0.4) is 0 Å². The minimum absolute atomic E-state index is 0.303. The highest BCUT2D eigenvalue weighted by atomic mass is 16.2. The highest BCUT2D eigenvalue weighted by Gasteiger charge is 2.18. The van der Waals surface area contributed by atoms with E-state index in [2.05, 4.69) is 6.92 Å². The Morgan fingerprint density at radius 1 is 1.40 bits per heavy atom. The normalized spacial score (nSPS) is 22.5. The summed E-state index contributed by atoms with van der Waals surface area (Å²) in [5, 5.41) is 0. The molecule has 0 saturated carbocycles. The molecule has 0 bridgehead atoms. The van der Waals surface area contributed by atoms with Gasteiger partial charge >= 0.3 is 0 Å². The predicted octanol–water partition coefficient (Wildman–Crippen LogP) is 1.76. The topological polar surface area (TPSA) is 46.3 Å². The molecule has 0 aromatic rings. The summed E-state index contributed by atoms with van der Waals surface area (Å²) >= 11 is 0. The lowest BCUT2D eigenvalue weighted by atomic mass is 9.98. The molecule has 1 saturated heterocycles. The zero-order valence-electron chi connectivity index (χ0n) is 9.87. The fourth-order valence-corrected chi connectivity index (χ4v) is 2.23. The Morgan fingerprint density at radius 3 is 2.87 bits per heavy atom. The summed E-state index contributed by atoms with van der Waals surface area (Å²) < 4.78 is 0. The van der Waals surface area contributed by atoms with Crippen LogP contribution in [0.4, 0.5) is 0 Å². The average Bonchev–Trinajstić information content (AvgIpc) is 2.50. The summed E-state index contributed by atoms with van der Waals surface area (Å²) in [6.45, 7) is 4.79. The van der Waals surface area contributed by atoms with E-state index in [4.69, 9.17) is 5.73 Å². The van der Waals surface area contributed by atoms with E-state index < -0.39 is 0 Å². The molecule has 3 nitrogen and oxygen atoms in total. The third-order valence-corrected chi connectivity index (χ3v) is 3.37. The predicted molar refractivity (Wildman–Crippen MR) is 62.5 cm³/mol. The molecular weight excluding hydrogens is 188 g/mol. The van der Waals surface area contributed by atoms with Crippen LogP contribution < -0.4 is 5.73 Å². The van der Waals surface area contributed by atoms with Gasteiger partial charge in [-0.3, -0.25) is 4.79 Å². The van der Waals surface area contributed by atoms with Crippen molar-refractivity contribution in [3.8, 4) is 0 Å². The van der Waals surface area contributed by atoms with Crippen molar-refractivity contribution in [1.82, 2.24) is 4.90 Å². The number of nitrogens with zero attached hydrogens (tertiary/aromatic N) is 1. The molecule has 88 valence electrons. The van der Waals surface area contributed by atoms with E-state index in [1.807, 2.05) is 4.90 Å². The molecule has 1 heterocycles. The molecule has 1 aliphatic rings. The number of amides is 1. The highest BCUT2D eigenvalue weighted by molar-refractivity contribution is 5.76. The molecule has 15 heavy (non-hydrogen) atoms. The third-order valence-electron chi connectivity index (χ3n) is 3.37. The fourth-order valence-electron chi connectivity index (χ4n) is 2.23. The Hall–Kier alpha value is -0.570. The van der Waals surface area contributed by atoms with Crippen molar-refractivity contribution in [3.63, 3.8) is 0 Å². The van der Waals surface area contributed by atoms with Crippen LogP contribution in [0.1, 0.15) is 45.4 Å². The molecule has 1 fully saturated rings. The Morgan fingerprint density at radius 2 is 2.20 bits per heavy atom. The Labute approximate surface area is 93.0 Å². The van der Waals surface area contributed by atoms with Gasteiger partial charge in [-0.05, 0) is 38.1 Å². The number of nitrogens with two attached hydrogens (primary N) is 1. The second kappa shape index (κ2) is 6.83. The van der Waals surface area contributed by atoms with Crippen LogP contribution in [-0.4, -0.2) is 30.4 Å². The number of rotatable bonds is 4. The first-order valence-electron chi connectivity index (χ1n) is 6.25. The zero-order valence-corrected chi connectivity index (χ0v) is 9.87. The molecule has 0 spiro atoms. The van der Waals surface area contributed by atoms with Gasteiger partial charge in [-0.15, -0.1) is 0 Å². The summed E-state index contributed by atoms with van der Waals surface area (Å²) in [4.78, 5) is 13.8. The second-order valence-corrected chi connectivity index (χ2v) is 4.48. The van der Waals surface area contributed by atoms with Gasteiger partial charge in [0, 0.05) is 19.5 Å². The van der Waals surface area contributed by atoms with E-state index in [-0.39, 0.29) is 0 Å². The molecule has 3 heteroatoms. The molecule has 0 aliphatic carbocycles. The van der Waals surface area contributed by atoms with Crippen molar-refractivity contribution in [3.05, 3.63) is 0 Å². The number of carbonyl (C=O) groups excluding carboxylic acids is 1. The van der Waals surface area contributed by atoms with Crippen LogP contribution in [-0.2, 0) is 4.79 Å². The fraction of sp³-hybridized carbons (Fsp3) is 0.917. The Balaban J connectivity index is 2.32. The summed E-state index contributed by atoms with van der Waals surface area (Å²) in [6.07, 6.45) is 6.36. The number of hydrogen-bond acceptors (Lipinski definition) is 2. The van der Waals surface area contributed by atoms with Crippen molar-refractivity contribution in [2.75, 3.05) is 19.6 Å². The molecule has 0 aromatic heterocycles. The van der Waals surface area contributed by atoms with Crippen LogP contribution in [0.15, 0.2) is 0 Å². The van der Waals surface area contributed by atoms with Crippen molar-refractivity contribution < 1.29 is 4.79 Å². The molecule has 0 aromatic carbocycles. The van der Waals surface area contributed by atoms with Gasteiger partial charge in [-0.25, -0.2) is 0 Å². The van der Waals surface area contributed by atoms with Crippen LogP contribution in [0.25, 0.3) is 0 Å². The summed E-state index contributed by atoms with van der Waals surface area (Å²) in [5.74, 6) is 1.13. The maximum Gasteiger partial charge on any atom is 0.222 e. The van der Waals surface area contributed by atoms with Crippen LogP contribution in [0, 0.1) is 5.92 Å². The quantitative estimate of drug-likeness (QED) is 0.772. The van der Waals surface area contributed by atoms with Gasteiger partial charge in [0.15, 0.2) is 0 Å². The highest BCUT2D eigenvalue weighted by Crippen LogP contribution is 2.20. The Kier molecular flexibility index (Phi) is 5.69. The van der Waals surface area contributed by atoms with Gasteiger partial charge in [0.1, 0.15) is 0 Å². The van der Waals surface area contributed by atoms with Crippen molar-refractivity contribution >= 4 is 5.91 Å². The smallest absolute Gasteiger partial charge is 0.222 e. The van der Waals surface area contributed by atoms with Gasteiger partial charge in [0.05, 0.1) is 0 Å². The molecular formula is C12H24N2O. The van der Waals surface area contributed by atoms with Crippen LogP contribution >= 0.6 is 0 Å². The summed E-state index contributed by atoms with van der Waals surface area (Å²) in [5.41, 5.74) is 5.41. The standard InChI is InChI=1S/C12H24N2O/c1-2-11-5-4-9-14(10-7-11)12(15)6-3-8-13/h11H,2-10,13H2,1H3. The Bertz CT molecular complexity index is 194. The third kappa shape index (κ3) is 4.20. The van der Waals surface area contributed by atoms with Gasteiger partial charge in [-0.1, -0.05) is 13.3 Å². The van der Waals surface area contributed by atoms with Crippen molar-refractivity contribution in [1.29, 1.82) is 0 Å². The molecule has 1 aliphatic heterocycles. The maximum atomic E-state index is 11.8. The van der Waals surface area contributed by atoms with Gasteiger partial charge in [-0.2, -0.15) is 0 Å². The van der Waals surface area contributed by atoms with Crippen LogP contribution in [0.2, 0.25) is 0 Å². The number of carbonyl (C=O) groups is 1. The minimum Gasteiger partial charge on any atom is -0.343 e. The molecule has 1 unspecified atom stereocenters. The minimum atomic E-state index is 0.303. The lowest BCUT2D eigenvalue weighted by Crippen LogP contribution is -2.32. The zero-order chi connectivity index (χ0) is 11.1. The van der Waals surface area contributed by atoms with Crippen molar-refractivity contribution in [2.24, 2.45) is 11.7 Å². The molecule has 1 atom stereocenters. The SMILES string of the molecule is CCC1CCCN(C(=O)CCCN)CC1.